The van der Waals surface area contributed by atoms with Crippen LogP contribution in [0.2, 0.25) is 5.02 Å². The van der Waals surface area contributed by atoms with Crippen molar-refractivity contribution in [3.63, 3.8) is 0 Å². The van der Waals surface area contributed by atoms with Crippen LogP contribution in [0.4, 0.5) is 5.13 Å². The molecule has 1 amide bonds. The van der Waals surface area contributed by atoms with E-state index in [4.69, 9.17) is 16.1 Å². The number of benzene rings is 1. The number of halogens is 1. The first-order chi connectivity index (χ1) is 13.3. The van der Waals surface area contributed by atoms with Gasteiger partial charge in [0.05, 0.1) is 17.1 Å². The van der Waals surface area contributed by atoms with E-state index in [9.17, 15) is 13.2 Å². The Hall–Kier alpha value is -2.27. The van der Waals surface area contributed by atoms with Crippen molar-refractivity contribution in [1.82, 2.24) is 14.4 Å². The van der Waals surface area contributed by atoms with Crippen molar-refractivity contribution in [2.75, 3.05) is 11.9 Å². The summed E-state index contributed by atoms with van der Waals surface area (Å²) in [5.41, 5.74) is 0.949. The molecule has 1 aliphatic rings. The monoisotopic (exact) mass is 438 g/mol. The Morgan fingerprint density at radius 1 is 1.36 bits per heavy atom. The van der Waals surface area contributed by atoms with Crippen LogP contribution in [0, 0.1) is 6.92 Å². The van der Waals surface area contributed by atoms with Gasteiger partial charge in [0.1, 0.15) is 5.76 Å². The molecule has 1 aliphatic heterocycles. The van der Waals surface area contributed by atoms with Crippen LogP contribution < -0.4 is 5.32 Å². The summed E-state index contributed by atoms with van der Waals surface area (Å²) >= 11 is 7.18. The highest BCUT2D eigenvalue weighted by Gasteiger charge is 2.30. The second-order valence-corrected chi connectivity index (χ2v) is 9.67. The molecule has 11 heteroatoms. The largest absolute Gasteiger partial charge is 0.361 e. The average Bonchev–Trinajstić information content (AvgIpc) is 3.26. The van der Waals surface area contributed by atoms with Crippen LogP contribution in [-0.4, -0.2) is 35.3 Å². The fraction of sp³-hybridized carbons (Fsp3) is 0.235. The highest BCUT2D eigenvalue weighted by molar-refractivity contribution is 7.89. The molecular weight excluding hydrogens is 424 g/mol. The summed E-state index contributed by atoms with van der Waals surface area (Å²) in [5, 5.41) is 7.12. The zero-order chi connectivity index (χ0) is 19.9. The van der Waals surface area contributed by atoms with Gasteiger partial charge in [-0.3, -0.25) is 10.1 Å². The maximum atomic E-state index is 12.9. The summed E-state index contributed by atoms with van der Waals surface area (Å²) < 4.78 is 32.1. The Bertz CT molecular complexity index is 1160. The molecule has 0 aliphatic carbocycles. The number of sulfonamides is 1. The van der Waals surface area contributed by atoms with Gasteiger partial charge in [0.25, 0.3) is 5.91 Å². The van der Waals surface area contributed by atoms with Gasteiger partial charge in [-0.05, 0) is 25.1 Å². The quantitative estimate of drug-likeness (QED) is 0.671. The minimum Gasteiger partial charge on any atom is -0.361 e. The zero-order valence-electron chi connectivity index (χ0n) is 14.7. The first-order valence-electron chi connectivity index (χ1n) is 8.32. The van der Waals surface area contributed by atoms with Crippen LogP contribution in [0.3, 0.4) is 0 Å². The molecule has 0 radical (unpaired) electrons. The minimum atomic E-state index is -3.66. The van der Waals surface area contributed by atoms with Crippen LogP contribution in [0.25, 0.3) is 0 Å². The van der Waals surface area contributed by atoms with Gasteiger partial charge in [0, 0.05) is 28.9 Å². The lowest BCUT2D eigenvalue weighted by atomic mass is 10.2. The fourth-order valence-electron chi connectivity index (χ4n) is 2.84. The second kappa shape index (κ2) is 7.28. The molecule has 0 atom stereocenters. The third-order valence-electron chi connectivity index (χ3n) is 4.21. The van der Waals surface area contributed by atoms with E-state index in [1.165, 1.54) is 33.8 Å². The smallest absolute Gasteiger partial charge is 0.279 e. The van der Waals surface area contributed by atoms with E-state index < -0.39 is 15.9 Å². The lowest BCUT2D eigenvalue weighted by Gasteiger charge is -2.25. The number of nitrogens with zero attached hydrogens (tertiary/aromatic N) is 3. The van der Waals surface area contributed by atoms with E-state index in [1.54, 1.807) is 19.1 Å². The Balaban J connectivity index is 1.52. The van der Waals surface area contributed by atoms with Gasteiger partial charge in [0.15, 0.2) is 10.8 Å². The molecule has 0 fully saturated rings. The number of hydrogen-bond acceptors (Lipinski definition) is 7. The van der Waals surface area contributed by atoms with Crippen LogP contribution in [0.5, 0.6) is 0 Å². The molecule has 28 heavy (non-hydrogen) atoms. The number of thiazole rings is 1. The maximum absolute atomic E-state index is 12.9. The lowest BCUT2D eigenvalue weighted by molar-refractivity contribution is 0.101. The summed E-state index contributed by atoms with van der Waals surface area (Å²) in [4.78, 5) is 17.6. The number of amides is 1. The highest BCUT2D eigenvalue weighted by atomic mass is 35.5. The van der Waals surface area contributed by atoms with Crippen molar-refractivity contribution < 1.29 is 17.7 Å². The van der Waals surface area contributed by atoms with Crippen molar-refractivity contribution in [2.24, 2.45) is 0 Å². The number of hydrogen-bond donors (Lipinski definition) is 1. The van der Waals surface area contributed by atoms with E-state index in [0.29, 0.717) is 28.9 Å². The van der Waals surface area contributed by atoms with Crippen LogP contribution in [0.15, 0.2) is 39.8 Å². The average molecular weight is 439 g/mol. The predicted octanol–water partition coefficient (Wildman–Crippen LogP) is 3.09. The summed E-state index contributed by atoms with van der Waals surface area (Å²) in [6.07, 6.45) is 0.463. The molecular formula is C17H15ClN4O4S2. The molecule has 0 spiro atoms. The number of anilines is 1. The van der Waals surface area contributed by atoms with Crippen LogP contribution >= 0.6 is 22.9 Å². The molecule has 4 rings (SSSR count). The maximum Gasteiger partial charge on any atom is 0.279 e. The number of fused-ring (bicyclic) bond motifs is 1. The first kappa shape index (κ1) is 19.1. The minimum absolute atomic E-state index is 0.155. The van der Waals surface area contributed by atoms with E-state index >= 15 is 0 Å². The molecule has 0 saturated heterocycles. The summed E-state index contributed by atoms with van der Waals surface area (Å²) in [6, 6.07) is 7.72. The van der Waals surface area contributed by atoms with Gasteiger partial charge in [-0.15, -0.1) is 11.3 Å². The zero-order valence-corrected chi connectivity index (χ0v) is 17.1. The van der Waals surface area contributed by atoms with Crippen molar-refractivity contribution >= 4 is 44.0 Å². The Kier molecular flexibility index (Phi) is 4.96. The third-order valence-corrected chi connectivity index (χ3v) is 7.29. The summed E-state index contributed by atoms with van der Waals surface area (Å²) in [5.74, 6) is 0.108. The molecule has 1 N–H and O–H groups in total. The van der Waals surface area contributed by atoms with Crippen molar-refractivity contribution in [2.45, 2.75) is 24.8 Å². The normalized spacial score (nSPS) is 14.6. The second-order valence-electron chi connectivity index (χ2n) is 6.21. The summed E-state index contributed by atoms with van der Waals surface area (Å²) in [7, 11) is -3.66. The first-order valence-corrected chi connectivity index (χ1v) is 11.0. The molecule has 8 nitrogen and oxygen atoms in total. The van der Waals surface area contributed by atoms with Gasteiger partial charge >= 0.3 is 0 Å². The number of aromatic nitrogens is 2. The van der Waals surface area contributed by atoms with Crippen molar-refractivity contribution in [3.05, 3.63) is 57.4 Å². The lowest BCUT2D eigenvalue weighted by Crippen LogP contribution is -2.35. The Labute approximate surface area is 170 Å². The van der Waals surface area contributed by atoms with Gasteiger partial charge in [-0.2, -0.15) is 4.31 Å². The molecule has 2 aromatic heterocycles. The van der Waals surface area contributed by atoms with E-state index in [2.05, 4.69) is 15.5 Å². The molecule has 1 aromatic carbocycles. The topological polar surface area (TPSA) is 105 Å². The number of rotatable bonds is 4. The van der Waals surface area contributed by atoms with E-state index in [0.717, 1.165) is 10.6 Å². The standard InChI is InChI=1S/C17H15ClN4O4S2/c1-10-7-14(21-26-10)16(23)20-17-19-13-5-6-22(9-15(13)27-17)28(24,25)12-4-2-3-11(18)8-12/h2-4,7-8H,5-6,9H2,1H3,(H,19,20,23). The van der Waals surface area contributed by atoms with Crippen LogP contribution in [-0.2, 0) is 23.0 Å². The van der Waals surface area contributed by atoms with Crippen molar-refractivity contribution in [1.29, 1.82) is 0 Å². The van der Waals surface area contributed by atoms with E-state index in [1.807, 2.05) is 0 Å². The molecule has 0 saturated carbocycles. The van der Waals surface area contributed by atoms with Gasteiger partial charge in [-0.1, -0.05) is 22.8 Å². The third kappa shape index (κ3) is 3.68. The molecule has 3 heterocycles. The van der Waals surface area contributed by atoms with Gasteiger partial charge < -0.3 is 4.52 Å². The molecule has 3 aromatic rings. The number of aryl methyl sites for hydroxylation is 1. The van der Waals surface area contributed by atoms with E-state index in [-0.39, 0.29) is 17.1 Å². The van der Waals surface area contributed by atoms with Crippen molar-refractivity contribution in [3.8, 4) is 0 Å². The number of carbonyl (C=O) groups excluding carboxylic acids is 1. The molecule has 146 valence electrons. The SMILES string of the molecule is Cc1cc(C(=O)Nc2nc3c(s2)CN(S(=O)(=O)c2cccc(Cl)c2)CC3)no1. The molecule has 0 unspecified atom stereocenters. The Morgan fingerprint density at radius 2 is 2.18 bits per heavy atom. The number of nitrogens with one attached hydrogen (secondary N) is 1. The Morgan fingerprint density at radius 3 is 2.89 bits per heavy atom. The molecule has 0 bridgehead atoms. The van der Waals surface area contributed by atoms with Crippen LogP contribution in [0.1, 0.15) is 26.8 Å². The highest BCUT2D eigenvalue weighted by Crippen LogP contribution is 2.31. The predicted molar refractivity (Wildman–Crippen MR) is 104 cm³/mol. The fourth-order valence-corrected chi connectivity index (χ4v) is 5.65. The van der Waals surface area contributed by atoms with Gasteiger partial charge in [-0.25, -0.2) is 13.4 Å². The van der Waals surface area contributed by atoms with Gasteiger partial charge in [0.2, 0.25) is 10.0 Å². The number of carbonyl (C=O) groups is 1. The summed E-state index contributed by atoms with van der Waals surface area (Å²) in [6.45, 7) is 2.20.